The number of fused-ring (bicyclic) bond motifs is 1. The molecule has 4 rings (SSSR count). The van der Waals surface area contributed by atoms with Gasteiger partial charge in [-0.25, -0.2) is 4.98 Å². The van der Waals surface area contributed by atoms with Gasteiger partial charge in [0.15, 0.2) is 0 Å². The number of hydrogen-bond donors (Lipinski definition) is 2. The standard InChI is InChI=1S/C19H17N3O2/c23-15-7-4-13(5-8-15)18-20-16-9-6-14(12-17(16)21-18)19(24)22-10-2-1-3-11-22/h1-2,4-9,12,23H,3,10-11H2,(H,20,21). The maximum Gasteiger partial charge on any atom is 0.254 e. The van der Waals surface area contributed by atoms with Crippen molar-refractivity contribution in [1.82, 2.24) is 14.9 Å². The first-order chi connectivity index (χ1) is 11.7. The molecule has 0 fully saturated rings. The van der Waals surface area contributed by atoms with Gasteiger partial charge in [0, 0.05) is 24.2 Å². The molecule has 0 radical (unpaired) electrons. The van der Waals surface area contributed by atoms with Gasteiger partial charge in [0.05, 0.1) is 11.0 Å². The van der Waals surface area contributed by atoms with Crippen LogP contribution in [0.5, 0.6) is 5.75 Å². The highest BCUT2D eigenvalue weighted by Crippen LogP contribution is 2.23. The molecule has 5 nitrogen and oxygen atoms in total. The van der Waals surface area contributed by atoms with Crippen molar-refractivity contribution in [3.8, 4) is 17.1 Å². The number of carbonyl (C=O) groups excluding carboxylic acids is 1. The number of hydrogen-bond acceptors (Lipinski definition) is 3. The highest BCUT2D eigenvalue weighted by atomic mass is 16.3. The largest absolute Gasteiger partial charge is 0.508 e. The average molecular weight is 319 g/mol. The summed E-state index contributed by atoms with van der Waals surface area (Å²) in [6.07, 6.45) is 5.04. The number of imidazole rings is 1. The van der Waals surface area contributed by atoms with Gasteiger partial charge in [-0.2, -0.15) is 0 Å². The number of H-pyrrole nitrogens is 1. The van der Waals surface area contributed by atoms with Crippen LogP contribution >= 0.6 is 0 Å². The van der Waals surface area contributed by atoms with Crippen LogP contribution in [0.2, 0.25) is 0 Å². The topological polar surface area (TPSA) is 69.2 Å². The molecule has 5 heteroatoms. The normalized spacial score (nSPS) is 14.2. The van der Waals surface area contributed by atoms with Crippen LogP contribution in [0.4, 0.5) is 0 Å². The molecule has 0 saturated heterocycles. The van der Waals surface area contributed by atoms with Gasteiger partial charge < -0.3 is 15.0 Å². The zero-order valence-electron chi connectivity index (χ0n) is 13.1. The molecule has 2 N–H and O–H groups in total. The Hall–Kier alpha value is -3.08. The van der Waals surface area contributed by atoms with E-state index in [9.17, 15) is 9.90 Å². The molecule has 0 atom stereocenters. The first-order valence-corrected chi connectivity index (χ1v) is 7.94. The van der Waals surface area contributed by atoms with Crippen molar-refractivity contribution >= 4 is 16.9 Å². The fraction of sp³-hybridized carbons (Fsp3) is 0.158. The number of rotatable bonds is 2. The van der Waals surface area contributed by atoms with Crippen molar-refractivity contribution < 1.29 is 9.90 Å². The predicted molar refractivity (Wildman–Crippen MR) is 92.9 cm³/mol. The van der Waals surface area contributed by atoms with E-state index in [4.69, 9.17) is 0 Å². The summed E-state index contributed by atoms with van der Waals surface area (Å²) in [4.78, 5) is 22.2. The molecule has 0 saturated carbocycles. The van der Waals surface area contributed by atoms with Gasteiger partial charge in [-0.05, 0) is 48.9 Å². The molecule has 24 heavy (non-hydrogen) atoms. The second kappa shape index (κ2) is 5.85. The lowest BCUT2D eigenvalue weighted by Gasteiger charge is -2.23. The minimum absolute atomic E-state index is 0.0435. The lowest BCUT2D eigenvalue weighted by atomic mass is 10.1. The van der Waals surface area contributed by atoms with E-state index in [1.54, 1.807) is 24.3 Å². The lowest BCUT2D eigenvalue weighted by Crippen LogP contribution is -2.33. The fourth-order valence-electron chi connectivity index (χ4n) is 2.91. The van der Waals surface area contributed by atoms with Crippen LogP contribution in [0, 0.1) is 0 Å². The third kappa shape index (κ3) is 2.65. The summed E-state index contributed by atoms with van der Waals surface area (Å²) in [6, 6.07) is 12.4. The first-order valence-electron chi connectivity index (χ1n) is 7.94. The molecule has 2 heterocycles. The van der Waals surface area contributed by atoms with Gasteiger partial charge in [0.2, 0.25) is 0 Å². The van der Waals surface area contributed by atoms with Gasteiger partial charge in [0.1, 0.15) is 11.6 Å². The van der Waals surface area contributed by atoms with Crippen molar-refractivity contribution in [2.45, 2.75) is 6.42 Å². The van der Waals surface area contributed by atoms with Gasteiger partial charge in [0.25, 0.3) is 5.91 Å². The number of phenolic OH excluding ortho intramolecular Hbond substituents is 1. The van der Waals surface area contributed by atoms with Crippen molar-refractivity contribution in [3.63, 3.8) is 0 Å². The van der Waals surface area contributed by atoms with Gasteiger partial charge >= 0.3 is 0 Å². The Kier molecular flexibility index (Phi) is 3.54. The third-order valence-electron chi connectivity index (χ3n) is 4.21. The average Bonchev–Trinajstić information content (AvgIpc) is 3.05. The highest BCUT2D eigenvalue weighted by molar-refractivity contribution is 5.97. The molecular formula is C19H17N3O2. The number of nitrogens with one attached hydrogen (secondary N) is 1. The fourth-order valence-corrected chi connectivity index (χ4v) is 2.91. The van der Waals surface area contributed by atoms with E-state index in [2.05, 4.69) is 16.0 Å². The summed E-state index contributed by atoms with van der Waals surface area (Å²) in [5, 5.41) is 9.39. The van der Waals surface area contributed by atoms with Crippen molar-refractivity contribution in [2.75, 3.05) is 13.1 Å². The summed E-state index contributed by atoms with van der Waals surface area (Å²) in [6.45, 7) is 1.42. The number of aromatic amines is 1. The van der Waals surface area contributed by atoms with E-state index in [1.807, 2.05) is 29.2 Å². The molecule has 1 aromatic heterocycles. The number of carbonyl (C=O) groups is 1. The van der Waals surface area contributed by atoms with E-state index < -0.39 is 0 Å². The van der Waals surface area contributed by atoms with Crippen LogP contribution in [0.15, 0.2) is 54.6 Å². The molecule has 0 unspecified atom stereocenters. The Morgan fingerprint density at radius 1 is 1.12 bits per heavy atom. The monoisotopic (exact) mass is 319 g/mol. The zero-order chi connectivity index (χ0) is 16.5. The second-order valence-corrected chi connectivity index (χ2v) is 5.88. The maximum atomic E-state index is 12.6. The summed E-state index contributed by atoms with van der Waals surface area (Å²) in [5.41, 5.74) is 3.20. The minimum Gasteiger partial charge on any atom is -0.508 e. The minimum atomic E-state index is 0.0435. The molecule has 120 valence electrons. The Morgan fingerprint density at radius 2 is 1.96 bits per heavy atom. The van der Waals surface area contributed by atoms with Crippen LogP contribution in [0.25, 0.3) is 22.4 Å². The molecule has 0 spiro atoms. The van der Waals surface area contributed by atoms with Crippen molar-refractivity contribution in [1.29, 1.82) is 0 Å². The zero-order valence-corrected chi connectivity index (χ0v) is 13.1. The Bertz CT molecular complexity index is 925. The van der Waals surface area contributed by atoms with Crippen molar-refractivity contribution in [3.05, 3.63) is 60.2 Å². The molecule has 2 aromatic carbocycles. The molecule has 0 aliphatic carbocycles. The number of phenols is 1. The van der Waals surface area contributed by atoms with Crippen molar-refractivity contribution in [2.24, 2.45) is 0 Å². The number of amides is 1. The molecule has 1 amide bonds. The smallest absolute Gasteiger partial charge is 0.254 e. The van der Waals surface area contributed by atoms with Crippen LogP contribution in [0.1, 0.15) is 16.8 Å². The second-order valence-electron chi connectivity index (χ2n) is 5.88. The van der Waals surface area contributed by atoms with Gasteiger partial charge in [-0.3, -0.25) is 4.79 Å². The van der Waals surface area contributed by atoms with Crippen LogP contribution in [-0.4, -0.2) is 39.0 Å². The van der Waals surface area contributed by atoms with Crippen LogP contribution in [-0.2, 0) is 0 Å². The Labute approximate surface area is 139 Å². The van der Waals surface area contributed by atoms with E-state index in [1.165, 1.54) is 0 Å². The third-order valence-corrected chi connectivity index (χ3v) is 4.21. The van der Waals surface area contributed by atoms with Crippen LogP contribution in [0.3, 0.4) is 0 Å². The number of aromatic nitrogens is 2. The van der Waals surface area contributed by atoms with Gasteiger partial charge in [-0.1, -0.05) is 12.2 Å². The Balaban J connectivity index is 1.67. The predicted octanol–water partition coefficient (Wildman–Crippen LogP) is 3.34. The maximum absolute atomic E-state index is 12.6. The Morgan fingerprint density at radius 3 is 2.71 bits per heavy atom. The first kappa shape index (κ1) is 14.5. The summed E-state index contributed by atoms with van der Waals surface area (Å²) in [5.74, 6) is 0.982. The molecular weight excluding hydrogens is 302 g/mol. The molecule has 1 aliphatic heterocycles. The molecule has 0 bridgehead atoms. The van der Waals surface area contributed by atoms with E-state index in [0.29, 0.717) is 12.1 Å². The lowest BCUT2D eigenvalue weighted by molar-refractivity contribution is 0.0771. The molecule has 3 aromatic rings. The van der Waals surface area contributed by atoms with E-state index in [0.717, 1.165) is 35.4 Å². The quantitative estimate of drug-likeness (QED) is 0.712. The summed E-state index contributed by atoms with van der Waals surface area (Å²) in [7, 11) is 0. The van der Waals surface area contributed by atoms with E-state index in [-0.39, 0.29) is 11.7 Å². The number of nitrogens with zero attached hydrogens (tertiary/aromatic N) is 2. The van der Waals surface area contributed by atoms with E-state index >= 15 is 0 Å². The number of benzene rings is 2. The summed E-state index contributed by atoms with van der Waals surface area (Å²) < 4.78 is 0. The van der Waals surface area contributed by atoms with Crippen LogP contribution < -0.4 is 0 Å². The number of aromatic hydroxyl groups is 1. The highest BCUT2D eigenvalue weighted by Gasteiger charge is 2.17. The SMILES string of the molecule is O=C(c1ccc2nc(-c3ccc(O)cc3)[nH]c2c1)N1CC=CCC1. The molecule has 1 aliphatic rings. The summed E-state index contributed by atoms with van der Waals surface area (Å²) >= 11 is 0. The van der Waals surface area contributed by atoms with Gasteiger partial charge in [-0.15, -0.1) is 0 Å².